The zero-order chi connectivity index (χ0) is 17.7. The van der Waals surface area contributed by atoms with Crippen molar-refractivity contribution in [2.45, 2.75) is 51.8 Å². The van der Waals surface area contributed by atoms with Gasteiger partial charge in [0.05, 0.1) is 11.4 Å². The number of hydrogen-bond acceptors (Lipinski definition) is 4. The Hall–Kier alpha value is -0.940. The fourth-order valence-corrected chi connectivity index (χ4v) is 6.99. The standard InChI is InChI=1S/C20H26N2OS2/c1-19(2)8-15-9-20(3,12-19)13-22(15)17(23)11-25-18-21-16-7-5-4-6-14(16)10-24-18/h4-7,15H,8-13H2,1-3H3/t15-,20-/m0/s1. The number of rotatable bonds is 2. The Bertz CT molecular complexity index is 730. The van der Waals surface area contributed by atoms with E-state index in [0.29, 0.717) is 28.5 Å². The molecule has 3 aliphatic rings. The molecular weight excluding hydrogens is 348 g/mol. The number of fused-ring (bicyclic) bond motifs is 3. The minimum absolute atomic E-state index is 0.290. The lowest BCUT2D eigenvalue weighted by Gasteiger charge is -2.39. The summed E-state index contributed by atoms with van der Waals surface area (Å²) in [5, 5.41) is 0. The van der Waals surface area contributed by atoms with Gasteiger partial charge in [-0.05, 0) is 41.7 Å². The van der Waals surface area contributed by atoms with Crippen LogP contribution in [0.2, 0.25) is 0 Å². The molecule has 0 radical (unpaired) electrons. The van der Waals surface area contributed by atoms with Crippen molar-refractivity contribution in [2.75, 3.05) is 12.3 Å². The van der Waals surface area contributed by atoms with Gasteiger partial charge in [-0.15, -0.1) is 0 Å². The first kappa shape index (κ1) is 17.5. The molecule has 0 aromatic heterocycles. The van der Waals surface area contributed by atoms with Gasteiger partial charge in [0.15, 0.2) is 0 Å². The van der Waals surface area contributed by atoms with E-state index in [-0.39, 0.29) is 0 Å². The molecule has 5 heteroatoms. The number of nitrogens with zero attached hydrogens (tertiary/aromatic N) is 2. The summed E-state index contributed by atoms with van der Waals surface area (Å²) in [6.45, 7) is 8.00. The molecule has 4 rings (SSSR count). The fraction of sp³-hybridized carbons (Fsp3) is 0.600. The number of carbonyl (C=O) groups is 1. The zero-order valence-electron chi connectivity index (χ0n) is 15.2. The maximum absolute atomic E-state index is 12.9. The van der Waals surface area contributed by atoms with E-state index >= 15 is 0 Å². The van der Waals surface area contributed by atoms with E-state index in [2.05, 4.69) is 43.9 Å². The molecule has 1 amide bonds. The van der Waals surface area contributed by atoms with E-state index in [4.69, 9.17) is 4.99 Å². The first-order valence-corrected chi connectivity index (χ1v) is 11.0. The third-order valence-corrected chi connectivity index (χ3v) is 7.84. The summed E-state index contributed by atoms with van der Waals surface area (Å²) in [6, 6.07) is 8.71. The highest BCUT2D eigenvalue weighted by Crippen LogP contribution is 2.52. The van der Waals surface area contributed by atoms with E-state index in [1.54, 1.807) is 23.5 Å². The smallest absolute Gasteiger partial charge is 0.233 e. The van der Waals surface area contributed by atoms with Gasteiger partial charge in [0.2, 0.25) is 5.91 Å². The Morgan fingerprint density at radius 2 is 2.12 bits per heavy atom. The van der Waals surface area contributed by atoms with Crippen LogP contribution in [0.15, 0.2) is 29.3 Å². The molecule has 2 heterocycles. The Labute approximate surface area is 159 Å². The lowest BCUT2D eigenvalue weighted by Crippen LogP contribution is -2.38. The number of hydrogen-bond donors (Lipinski definition) is 0. The lowest BCUT2D eigenvalue weighted by molar-refractivity contribution is -0.129. The van der Waals surface area contributed by atoms with Crippen LogP contribution < -0.4 is 0 Å². The third-order valence-electron chi connectivity index (χ3n) is 5.61. The highest BCUT2D eigenvalue weighted by molar-refractivity contribution is 8.38. The number of thioether (sulfide) groups is 2. The monoisotopic (exact) mass is 374 g/mol. The quantitative estimate of drug-likeness (QED) is 0.723. The van der Waals surface area contributed by atoms with Crippen LogP contribution in [0.4, 0.5) is 5.69 Å². The van der Waals surface area contributed by atoms with Crippen LogP contribution >= 0.6 is 23.5 Å². The number of likely N-dealkylation sites (tertiary alicyclic amines) is 1. The number of para-hydroxylation sites is 1. The lowest BCUT2D eigenvalue weighted by atomic mass is 9.65. The van der Waals surface area contributed by atoms with Gasteiger partial charge >= 0.3 is 0 Å². The van der Waals surface area contributed by atoms with E-state index in [0.717, 1.165) is 28.8 Å². The Kier molecular flexibility index (Phi) is 4.43. The second kappa shape index (κ2) is 6.34. The van der Waals surface area contributed by atoms with Crippen molar-refractivity contribution in [3.63, 3.8) is 0 Å². The highest BCUT2D eigenvalue weighted by atomic mass is 32.2. The molecule has 2 fully saturated rings. The predicted octanol–water partition coefficient (Wildman–Crippen LogP) is 5.08. The summed E-state index contributed by atoms with van der Waals surface area (Å²) in [7, 11) is 0. The predicted molar refractivity (Wildman–Crippen MR) is 109 cm³/mol. The van der Waals surface area contributed by atoms with Crippen LogP contribution in [0.3, 0.4) is 0 Å². The molecule has 1 saturated heterocycles. The summed E-state index contributed by atoms with van der Waals surface area (Å²) < 4.78 is 1.03. The average molecular weight is 375 g/mol. The molecule has 1 aromatic carbocycles. The number of benzene rings is 1. The Balaban J connectivity index is 1.40. The van der Waals surface area contributed by atoms with Crippen molar-refractivity contribution in [1.82, 2.24) is 4.90 Å². The maximum Gasteiger partial charge on any atom is 0.233 e. The van der Waals surface area contributed by atoms with Gasteiger partial charge in [-0.25, -0.2) is 4.99 Å². The third kappa shape index (κ3) is 3.63. The molecule has 0 unspecified atom stereocenters. The van der Waals surface area contributed by atoms with Crippen molar-refractivity contribution in [2.24, 2.45) is 15.8 Å². The molecule has 0 spiro atoms. The van der Waals surface area contributed by atoms with Gasteiger partial charge in [-0.3, -0.25) is 4.79 Å². The van der Waals surface area contributed by atoms with Gasteiger partial charge in [0.1, 0.15) is 4.38 Å². The number of aliphatic imine (C=N–C) groups is 1. The van der Waals surface area contributed by atoms with Gasteiger partial charge < -0.3 is 4.90 Å². The molecule has 25 heavy (non-hydrogen) atoms. The van der Waals surface area contributed by atoms with E-state index in [1.807, 2.05) is 6.07 Å². The molecule has 1 saturated carbocycles. The normalized spacial score (nSPS) is 30.0. The van der Waals surface area contributed by atoms with Gasteiger partial charge in [0, 0.05) is 18.3 Å². The van der Waals surface area contributed by atoms with Crippen molar-refractivity contribution in [3.05, 3.63) is 29.8 Å². The summed E-state index contributed by atoms with van der Waals surface area (Å²) >= 11 is 3.36. The zero-order valence-corrected chi connectivity index (χ0v) is 16.9. The Morgan fingerprint density at radius 1 is 1.32 bits per heavy atom. The molecule has 134 valence electrons. The number of carbonyl (C=O) groups excluding carboxylic acids is 1. The van der Waals surface area contributed by atoms with Gasteiger partial charge in [-0.1, -0.05) is 62.5 Å². The van der Waals surface area contributed by atoms with E-state index < -0.39 is 0 Å². The molecule has 2 bridgehead atoms. The van der Waals surface area contributed by atoms with Crippen LogP contribution in [-0.4, -0.2) is 33.5 Å². The van der Waals surface area contributed by atoms with Crippen molar-refractivity contribution in [3.8, 4) is 0 Å². The topological polar surface area (TPSA) is 32.7 Å². The second-order valence-electron chi connectivity index (χ2n) is 8.82. The molecule has 1 aromatic rings. The minimum atomic E-state index is 0.290. The van der Waals surface area contributed by atoms with Crippen molar-refractivity contribution in [1.29, 1.82) is 0 Å². The molecule has 2 atom stereocenters. The van der Waals surface area contributed by atoms with E-state index in [9.17, 15) is 4.79 Å². The van der Waals surface area contributed by atoms with Crippen molar-refractivity contribution >= 4 is 39.5 Å². The molecule has 1 aliphatic carbocycles. The fourth-order valence-electron chi connectivity index (χ4n) is 5.04. The molecule has 3 nitrogen and oxygen atoms in total. The van der Waals surface area contributed by atoms with Crippen LogP contribution in [0.5, 0.6) is 0 Å². The average Bonchev–Trinajstić information content (AvgIpc) is 2.81. The van der Waals surface area contributed by atoms with Crippen LogP contribution in [-0.2, 0) is 10.5 Å². The van der Waals surface area contributed by atoms with Crippen LogP contribution in [0, 0.1) is 10.8 Å². The summed E-state index contributed by atoms with van der Waals surface area (Å²) in [5.74, 6) is 1.76. The Morgan fingerprint density at radius 3 is 2.96 bits per heavy atom. The second-order valence-corrected chi connectivity index (χ2v) is 11.0. The molecule has 0 N–H and O–H groups in total. The van der Waals surface area contributed by atoms with Crippen molar-refractivity contribution < 1.29 is 4.79 Å². The largest absolute Gasteiger partial charge is 0.338 e. The SMILES string of the molecule is CC1(C)C[C@H]2C[C@](C)(CN2C(=O)CSC2=Nc3ccccc3CS2)C1. The van der Waals surface area contributed by atoms with Gasteiger partial charge in [0.25, 0.3) is 0 Å². The summed E-state index contributed by atoms with van der Waals surface area (Å²) in [6.07, 6.45) is 3.55. The first-order valence-electron chi connectivity index (χ1n) is 9.05. The minimum Gasteiger partial charge on any atom is -0.338 e. The van der Waals surface area contributed by atoms with Crippen LogP contribution in [0.25, 0.3) is 0 Å². The van der Waals surface area contributed by atoms with E-state index in [1.165, 1.54) is 18.4 Å². The molecular formula is C20H26N2OS2. The first-order chi connectivity index (χ1) is 11.8. The highest BCUT2D eigenvalue weighted by Gasteiger charge is 2.50. The van der Waals surface area contributed by atoms with Gasteiger partial charge in [-0.2, -0.15) is 0 Å². The number of amides is 1. The summed E-state index contributed by atoms with van der Waals surface area (Å²) in [4.78, 5) is 19.8. The van der Waals surface area contributed by atoms with Crippen LogP contribution in [0.1, 0.15) is 45.6 Å². The summed E-state index contributed by atoms with van der Waals surface area (Å²) in [5.41, 5.74) is 3.00. The molecule has 2 aliphatic heterocycles. The maximum atomic E-state index is 12.9.